The van der Waals surface area contributed by atoms with Gasteiger partial charge in [0.15, 0.2) is 0 Å². The van der Waals surface area contributed by atoms with Crippen LogP contribution in [0.3, 0.4) is 0 Å². The lowest BCUT2D eigenvalue weighted by Gasteiger charge is -2.15. The summed E-state index contributed by atoms with van der Waals surface area (Å²) < 4.78 is 38.6. The van der Waals surface area contributed by atoms with E-state index in [-0.39, 0.29) is 11.3 Å². The average molecular weight is 385 g/mol. The van der Waals surface area contributed by atoms with Gasteiger partial charge in [-0.3, -0.25) is 4.79 Å². The van der Waals surface area contributed by atoms with E-state index in [9.17, 15) is 18.0 Å². The minimum atomic E-state index is -4.48. The summed E-state index contributed by atoms with van der Waals surface area (Å²) in [5.41, 5.74) is 2.24. The van der Waals surface area contributed by atoms with Gasteiger partial charge in [-0.05, 0) is 55.3 Å². The molecule has 3 aromatic rings. The summed E-state index contributed by atoms with van der Waals surface area (Å²) in [4.78, 5) is 16.9. The smallest absolute Gasteiger partial charge is 0.339 e. The number of aromatic nitrogens is 1. The number of anilines is 3. The van der Waals surface area contributed by atoms with Crippen LogP contribution < -0.4 is 10.6 Å². The standard InChI is InChI=1S/C21H18F3N3O/c1-13-6-3-7-14(2)18(13)27-19-17(10-5-11-25-19)20(28)26-16-9-4-8-15(12-16)21(22,23)24/h3-12H,1-2H3,(H,25,27)(H,26,28). The Hall–Kier alpha value is -3.35. The number of hydrogen-bond acceptors (Lipinski definition) is 3. The highest BCUT2D eigenvalue weighted by molar-refractivity contribution is 6.07. The van der Waals surface area contributed by atoms with Crippen LogP contribution in [0.1, 0.15) is 27.0 Å². The highest BCUT2D eigenvalue weighted by Gasteiger charge is 2.30. The SMILES string of the molecule is Cc1cccc(C)c1Nc1ncccc1C(=O)Nc1cccc(C(F)(F)F)c1. The zero-order valence-electron chi connectivity index (χ0n) is 15.3. The molecule has 4 nitrogen and oxygen atoms in total. The molecule has 1 heterocycles. The van der Waals surface area contributed by atoms with Crippen molar-refractivity contribution in [3.8, 4) is 0 Å². The molecule has 144 valence electrons. The highest BCUT2D eigenvalue weighted by Crippen LogP contribution is 2.31. The maximum absolute atomic E-state index is 12.9. The van der Waals surface area contributed by atoms with E-state index in [1.165, 1.54) is 18.3 Å². The van der Waals surface area contributed by atoms with Crippen molar-refractivity contribution in [3.63, 3.8) is 0 Å². The maximum Gasteiger partial charge on any atom is 0.416 e. The fourth-order valence-electron chi connectivity index (χ4n) is 2.79. The lowest BCUT2D eigenvalue weighted by molar-refractivity contribution is -0.137. The number of pyridine rings is 1. The zero-order chi connectivity index (χ0) is 20.3. The van der Waals surface area contributed by atoms with Crippen LogP contribution in [0, 0.1) is 13.8 Å². The van der Waals surface area contributed by atoms with Crippen molar-refractivity contribution in [3.05, 3.63) is 83.0 Å². The second-order valence-corrected chi connectivity index (χ2v) is 6.32. The van der Waals surface area contributed by atoms with Gasteiger partial charge in [0.2, 0.25) is 0 Å². The van der Waals surface area contributed by atoms with E-state index < -0.39 is 17.6 Å². The number of hydrogen-bond donors (Lipinski definition) is 2. The van der Waals surface area contributed by atoms with Gasteiger partial charge in [-0.1, -0.05) is 24.3 Å². The number of rotatable bonds is 4. The van der Waals surface area contributed by atoms with Crippen molar-refractivity contribution in [2.75, 3.05) is 10.6 Å². The lowest BCUT2D eigenvalue weighted by atomic mass is 10.1. The first-order valence-electron chi connectivity index (χ1n) is 8.52. The van der Waals surface area contributed by atoms with E-state index in [0.29, 0.717) is 5.82 Å². The highest BCUT2D eigenvalue weighted by atomic mass is 19.4. The third-order valence-corrected chi connectivity index (χ3v) is 4.22. The van der Waals surface area contributed by atoms with Crippen molar-refractivity contribution >= 4 is 23.1 Å². The van der Waals surface area contributed by atoms with Gasteiger partial charge in [-0.25, -0.2) is 4.98 Å². The Balaban J connectivity index is 1.88. The first-order valence-corrected chi connectivity index (χ1v) is 8.52. The van der Waals surface area contributed by atoms with Crippen molar-refractivity contribution in [2.24, 2.45) is 0 Å². The zero-order valence-corrected chi connectivity index (χ0v) is 15.3. The molecule has 0 aliphatic rings. The average Bonchev–Trinajstić information content (AvgIpc) is 2.65. The Labute approximate surface area is 160 Å². The quantitative estimate of drug-likeness (QED) is 0.605. The van der Waals surface area contributed by atoms with Crippen LogP contribution in [0.25, 0.3) is 0 Å². The number of para-hydroxylation sites is 1. The van der Waals surface area contributed by atoms with Crippen LogP contribution in [0.2, 0.25) is 0 Å². The molecule has 0 unspecified atom stereocenters. The van der Waals surface area contributed by atoms with Crippen LogP contribution in [0.15, 0.2) is 60.8 Å². The second-order valence-electron chi connectivity index (χ2n) is 6.32. The van der Waals surface area contributed by atoms with E-state index in [2.05, 4.69) is 15.6 Å². The number of nitrogens with zero attached hydrogens (tertiary/aromatic N) is 1. The molecule has 28 heavy (non-hydrogen) atoms. The van der Waals surface area contributed by atoms with Crippen molar-refractivity contribution in [1.82, 2.24) is 4.98 Å². The summed E-state index contributed by atoms with van der Waals surface area (Å²) >= 11 is 0. The van der Waals surface area contributed by atoms with Crippen LogP contribution in [-0.2, 0) is 6.18 Å². The third-order valence-electron chi connectivity index (χ3n) is 4.22. The summed E-state index contributed by atoms with van der Waals surface area (Å²) in [5, 5.41) is 5.67. The van der Waals surface area contributed by atoms with Crippen molar-refractivity contribution in [1.29, 1.82) is 0 Å². The molecule has 2 N–H and O–H groups in total. The molecule has 0 aliphatic heterocycles. The monoisotopic (exact) mass is 385 g/mol. The predicted molar refractivity (Wildman–Crippen MR) is 103 cm³/mol. The summed E-state index contributed by atoms with van der Waals surface area (Å²) in [6.45, 7) is 3.86. The number of amides is 1. The van der Waals surface area contributed by atoms with Gasteiger partial charge in [0.25, 0.3) is 5.91 Å². The molecule has 0 saturated heterocycles. The third kappa shape index (κ3) is 4.31. The number of halogens is 3. The molecule has 0 spiro atoms. The van der Waals surface area contributed by atoms with Crippen LogP contribution in [0.4, 0.5) is 30.4 Å². The Bertz CT molecular complexity index is 996. The van der Waals surface area contributed by atoms with Gasteiger partial charge in [0.05, 0.1) is 11.1 Å². The first kappa shape index (κ1) is 19.4. The molecule has 0 radical (unpaired) electrons. The second kappa shape index (κ2) is 7.72. The molecule has 0 saturated carbocycles. The van der Waals surface area contributed by atoms with E-state index in [4.69, 9.17) is 0 Å². The van der Waals surface area contributed by atoms with Gasteiger partial charge in [0.1, 0.15) is 5.82 Å². The van der Waals surface area contributed by atoms with Gasteiger partial charge < -0.3 is 10.6 Å². The van der Waals surface area contributed by atoms with Crippen LogP contribution in [0.5, 0.6) is 0 Å². The van der Waals surface area contributed by atoms with E-state index >= 15 is 0 Å². The molecular weight excluding hydrogens is 367 g/mol. The van der Waals surface area contributed by atoms with Crippen molar-refractivity contribution in [2.45, 2.75) is 20.0 Å². The molecule has 2 aromatic carbocycles. The summed E-state index contributed by atoms with van der Waals surface area (Å²) in [5.74, 6) is -0.231. The summed E-state index contributed by atoms with van der Waals surface area (Å²) in [6, 6.07) is 13.4. The molecule has 1 amide bonds. The molecular formula is C21H18F3N3O. The predicted octanol–water partition coefficient (Wildman–Crippen LogP) is 5.71. The topological polar surface area (TPSA) is 54.0 Å². The number of nitrogens with one attached hydrogen (secondary N) is 2. The molecule has 0 fully saturated rings. The summed E-state index contributed by atoms with van der Waals surface area (Å²) in [6.07, 6.45) is -2.94. The van der Waals surface area contributed by atoms with E-state index in [1.807, 2.05) is 32.0 Å². The molecule has 7 heteroatoms. The molecule has 0 bridgehead atoms. The van der Waals surface area contributed by atoms with Gasteiger partial charge in [-0.2, -0.15) is 13.2 Å². The Kier molecular flexibility index (Phi) is 5.35. The Morgan fingerprint density at radius 2 is 1.64 bits per heavy atom. The molecule has 0 aliphatic carbocycles. The number of aryl methyl sites for hydroxylation is 2. The molecule has 0 atom stereocenters. The number of carbonyl (C=O) groups is 1. The van der Waals surface area contributed by atoms with E-state index in [1.54, 1.807) is 12.1 Å². The molecule has 3 rings (SSSR count). The maximum atomic E-state index is 12.9. The van der Waals surface area contributed by atoms with Gasteiger partial charge >= 0.3 is 6.18 Å². The fourth-order valence-corrected chi connectivity index (χ4v) is 2.79. The number of benzene rings is 2. The number of alkyl halides is 3. The minimum absolute atomic E-state index is 0.0571. The van der Waals surface area contributed by atoms with Gasteiger partial charge in [0, 0.05) is 17.6 Å². The van der Waals surface area contributed by atoms with Gasteiger partial charge in [-0.15, -0.1) is 0 Å². The number of carbonyl (C=O) groups excluding carboxylic acids is 1. The lowest BCUT2D eigenvalue weighted by Crippen LogP contribution is -2.15. The first-order chi connectivity index (χ1) is 13.3. The van der Waals surface area contributed by atoms with Crippen molar-refractivity contribution < 1.29 is 18.0 Å². The minimum Gasteiger partial charge on any atom is -0.339 e. The fraction of sp³-hybridized carbons (Fsp3) is 0.143. The van der Waals surface area contributed by atoms with Crippen LogP contribution >= 0.6 is 0 Å². The van der Waals surface area contributed by atoms with E-state index in [0.717, 1.165) is 28.9 Å². The Morgan fingerprint density at radius 1 is 0.964 bits per heavy atom. The largest absolute Gasteiger partial charge is 0.416 e. The normalized spacial score (nSPS) is 11.2. The van der Waals surface area contributed by atoms with Crippen LogP contribution in [-0.4, -0.2) is 10.9 Å². The Morgan fingerprint density at radius 3 is 2.32 bits per heavy atom. The molecule has 1 aromatic heterocycles. The summed E-state index contributed by atoms with van der Waals surface area (Å²) in [7, 11) is 0.